The fraction of sp³-hybridized carbons (Fsp3) is 0.538. The van der Waals surface area contributed by atoms with Gasteiger partial charge in [-0.05, 0) is 43.6 Å². The van der Waals surface area contributed by atoms with Crippen molar-refractivity contribution < 1.29 is 13.2 Å². The van der Waals surface area contributed by atoms with E-state index in [0.717, 1.165) is 10.0 Å². The van der Waals surface area contributed by atoms with Gasteiger partial charge >= 0.3 is 6.18 Å². The summed E-state index contributed by atoms with van der Waals surface area (Å²) >= 11 is 3.33. The molecule has 6 heteroatoms. The van der Waals surface area contributed by atoms with Gasteiger partial charge < -0.3 is 5.73 Å². The molecule has 0 unspecified atom stereocenters. The largest absolute Gasteiger partial charge is 0.398 e. The number of rotatable bonds is 2. The van der Waals surface area contributed by atoms with Crippen molar-refractivity contribution in [2.45, 2.75) is 25.6 Å². The van der Waals surface area contributed by atoms with Crippen LogP contribution in [0.4, 0.5) is 18.9 Å². The summed E-state index contributed by atoms with van der Waals surface area (Å²) in [5.74, 6) is -1.15. The van der Waals surface area contributed by atoms with Gasteiger partial charge in [-0.2, -0.15) is 13.2 Å². The molecule has 0 amide bonds. The summed E-state index contributed by atoms with van der Waals surface area (Å²) in [5, 5.41) is 0. The Hall–Kier alpha value is -0.750. The van der Waals surface area contributed by atoms with Crippen LogP contribution in [0.1, 0.15) is 18.4 Å². The fourth-order valence-electron chi connectivity index (χ4n) is 2.37. The Morgan fingerprint density at radius 1 is 1.26 bits per heavy atom. The number of nitrogen functional groups attached to an aromatic ring is 1. The third-order valence-corrected chi connectivity index (χ3v) is 4.05. The zero-order valence-electron chi connectivity index (χ0n) is 10.4. The first-order chi connectivity index (χ1) is 8.86. The molecule has 0 atom stereocenters. The van der Waals surface area contributed by atoms with E-state index in [-0.39, 0.29) is 12.8 Å². The maximum Gasteiger partial charge on any atom is 0.391 e. The van der Waals surface area contributed by atoms with Crippen LogP contribution >= 0.6 is 15.9 Å². The van der Waals surface area contributed by atoms with Gasteiger partial charge in [0.1, 0.15) is 0 Å². The van der Waals surface area contributed by atoms with E-state index in [4.69, 9.17) is 5.73 Å². The molecule has 2 N–H and O–H groups in total. The minimum absolute atomic E-state index is 0.180. The molecule has 1 aliphatic heterocycles. The number of piperidine rings is 1. The molecule has 0 aliphatic carbocycles. The first-order valence-electron chi connectivity index (χ1n) is 6.19. The molecular formula is C13H16BrF3N2. The van der Waals surface area contributed by atoms with E-state index in [0.29, 0.717) is 25.3 Å². The summed E-state index contributed by atoms with van der Waals surface area (Å²) in [5.41, 5.74) is 7.54. The number of likely N-dealkylation sites (tertiary alicyclic amines) is 1. The molecule has 0 spiro atoms. The third-order valence-electron chi connectivity index (χ3n) is 3.55. The minimum atomic E-state index is -4.05. The highest BCUT2D eigenvalue weighted by Gasteiger charge is 2.40. The van der Waals surface area contributed by atoms with Crippen LogP contribution in [0.15, 0.2) is 22.7 Å². The van der Waals surface area contributed by atoms with Crippen LogP contribution in [-0.4, -0.2) is 24.2 Å². The zero-order valence-corrected chi connectivity index (χ0v) is 12.0. The highest BCUT2D eigenvalue weighted by Crippen LogP contribution is 2.34. The number of hydrogen-bond acceptors (Lipinski definition) is 2. The topological polar surface area (TPSA) is 29.3 Å². The molecule has 1 aromatic rings. The third kappa shape index (κ3) is 3.86. The molecule has 1 aromatic carbocycles. The molecular weight excluding hydrogens is 321 g/mol. The van der Waals surface area contributed by atoms with Gasteiger partial charge in [0, 0.05) is 16.7 Å². The molecule has 0 radical (unpaired) electrons. The highest BCUT2D eigenvalue weighted by atomic mass is 79.9. The van der Waals surface area contributed by atoms with E-state index in [9.17, 15) is 13.2 Å². The SMILES string of the molecule is Nc1cc(Br)ccc1CN1CCC(C(F)(F)F)CC1. The van der Waals surface area contributed by atoms with Crippen LogP contribution < -0.4 is 5.73 Å². The lowest BCUT2D eigenvalue weighted by Crippen LogP contribution is -2.38. The van der Waals surface area contributed by atoms with Crippen LogP contribution in [0, 0.1) is 5.92 Å². The summed E-state index contributed by atoms with van der Waals surface area (Å²) < 4.78 is 38.6. The van der Waals surface area contributed by atoms with Crippen LogP contribution in [0.2, 0.25) is 0 Å². The first kappa shape index (κ1) is 14.7. The first-order valence-corrected chi connectivity index (χ1v) is 6.98. The fourth-order valence-corrected chi connectivity index (χ4v) is 2.75. The summed E-state index contributed by atoms with van der Waals surface area (Å²) in [6, 6.07) is 5.63. The molecule has 19 heavy (non-hydrogen) atoms. The number of nitrogens with zero attached hydrogens (tertiary/aromatic N) is 1. The van der Waals surface area contributed by atoms with Crippen LogP contribution in [0.25, 0.3) is 0 Å². The van der Waals surface area contributed by atoms with Crippen molar-refractivity contribution in [1.82, 2.24) is 4.90 Å². The van der Waals surface area contributed by atoms with E-state index in [2.05, 4.69) is 15.9 Å². The lowest BCUT2D eigenvalue weighted by atomic mass is 9.96. The Morgan fingerprint density at radius 2 is 1.89 bits per heavy atom. The predicted octanol–water partition coefficient (Wildman–Crippen LogP) is 3.81. The van der Waals surface area contributed by atoms with Crippen molar-refractivity contribution in [1.29, 1.82) is 0 Å². The number of nitrogens with two attached hydrogens (primary N) is 1. The predicted molar refractivity (Wildman–Crippen MR) is 72.6 cm³/mol. The molecule has 2 rings (SSSR count). The molecule has 0 saturated carbocycles. The Balaban J connectivity index is 1.92. The Labute approximate surface area is 118 Å². The average molecular weight is 337 g/mol. The van der Waals surface area contributed by atoms with Gasteiger partial charge in [-0.3, -0.25) is 4.90 Å². The molecule has 1 heterocycles. The van der Waals surface area contributed by atoms with Gasteiger partial charge in [-0.15, -0.1) is 0 Å². The summed E-state index contributed by atoms with van der Waals surface area (Å²) in [4.78, 5) is 2.03. The van der Waals surface area contributed by atoms with Crippen molar-refractivity contribution >= 4 is 21.6 Å². The average Bonchev–Trinajstić information content (AvgIpc) is 2.32. The number of benzene rings is 1. The van der Waals surface area contributed by atoms with E-state index >= 15 is 0 Å². The van der Waals surface area contributed by atoms with E-state index in [1.54, 1.807) is 0 Å². The number of anilines is 1. The van der Waals surface area contributed by atoms with Crippen LogP contribution in [0.3, 0.4) is 0 Å². The highest BCUT2D eigenvalue weighted by molar-refractivity contribution is 9.10. The maximum absolute atomic E-state index is 12.6. The lowest BCUT2D eigenvalue weighted by Gasteiger charge is -2.33. The summed E-state index contributed by atoms with van der Waals surface area (Å²) in [7, 11) is 0. The van der Waals surface area contributed by atoms with Crippen molar-refractivity contribution in [3.8, 4) is 0 Å². The second-order valence-corrected chi connectivity index (χ2v) is 5.85. The van der Waals surface area contributed by atoms with Gasteiger partial charge in [-0.1, -0.05) is 22.0 Å². The molecule has 1 fully saturated rings. The van der Waals surface area contributed by atoms with E-state index in [1.807, 2.05) is 23.1 Å². The lowest BCUT2D eigenvalue weighted by molar-refractivity contribution is -0.185. The Morgan fingerprint density at radius 3 is 2.42 bits per heavy atom. The van der Waals surface area contributed by atoms with E-state index in [1.165, 1.54) is 0 Å². The maximum atomic E-state index is 12.6. The summed E-state index contributed by atoms with van der Waals surface area (Å²) in [6.07, 6.45) is -3.69. The van der Waals surface area contributed by atoms with Gasteiger partial charge in [-0.25, -0.2) is 0 Å². The minimum Gasteiger partial charge on any atom is -0.398 e. The standard InChI is InChI=1S/C13H16BrF3N2/c14-11-2-1-9(12(18)7-11)8-19-5-3-10(4-6-19)13(15,16)17/h1-2,7,10H,3-6,8,18H2. The van der Waals surface area contributed by atoms with Crippen LogP contribution in [0.5, 0.6) is 0 Å². The van der Waals surface area contributed by atoms with Crippen molar-refractivity contribution in [3.05, 3.63) is 28.2 Å². The molecule has 0 bridgehead atoms. The molecule has 1 aliphatic rings. The second kappa shape index (κ2) is 5.71. The normalized spacial score (nSPS) is 18.7. The van der Waals surface area contributed by atoms with Gasteiger partial charge in [0.25, 0.3) is 0 Å². The smallest absolute Gasteiger partial charge is 0.391 e. The Bertz CT molecular complexity index is 440. The van der Waals surface area contributed by atoms with Crippen molar-refractivity contribution in [2.75, 3.05) is 18.8 Å². The zero-order chi connectivity index (χ0) is 14.0. The molecule has 106 valence electrons. The van der Waals surface area contributed by atoms with Gasteiger partial charge in [0.15, 0.2) is 0 Å². The van der Waals surface area contributed by atoms with Crippen molar-refractivity contribution in [2.24, 2.45) is 5.92 Å². The molecule has 0 aromatic heterocycles. The number of halogens is 4. The monoisotopic (exact) mass is 336 g/mol. The number of hydrogen-bond donors (Lipinski definition) is 1. The second-order valence-electron chi connectivity index (χ2n) is 4.94. The molecule has 1 saturated heterocycles. The quantitative estimate of drug-likeness (QED) is 0.832. The van der Waals surface area contributed by atoms with Crippen LogP contribution in [-0.2, 0) is 6.54 Å². The number of alkyl halides is 3. The van der Waals surface area contributed by atoms with E-state index < -0.39 is 12.1 Å². The van der Waals surface area contributed by atoms with Gasteiger partial charge in [0.2, 0.25) is 0 Å². The molecule has 2 nitrogen and oxygen atoms in total. The Kier molecular flexibility index (Phi) is 4.40. The van der Waals surface area contributed by atoms with Gasteiger partial charge in [0.05, 0.1) is 5.92 Å². The van der Waals surface area contributed by atoms with Crippen molar-refractivity contribution in [3.63, 3.8) is 0 Å². The summed E-state index contributed by atoms with van der Waals surface area (Å²) in [6.45, 7) is 1.56.